The van der Waals surface area contributed by atoms with E-state index >= 15 is 0 Å². The van der Waals surface area contributed by atoms with Crippen LogP contribution in [0.2, 0.25) is 0 Å². The predicted octanol–water partition coefficient (Wildman–Crippen LogP) is 2.19. The fraction of sp³-hybridized carbons (Fsp3) is 0.267. The minimum Gasteiger partial charge on any atom is -0.425 e. The van der Waals surface area contributed by atoms with Crippen LogP contribution in [-0.2, 0) is 4.79 Å². The zero-order valence-electron chi connectivity index (χ0n) is 13.5. The van der Waals surface area contributed by atoms with E-state index in [4.69, 9.17) is 10.5 Å². The van der Waals surface area contributed by atoms with Crippen molar-refractivity contribution >= 4 is 33.3 Å². The number of rotatable bonds is 6. The Hall–Kier alpha value is -2.85. The van der Waals surface area contributed by atoms with Crippen LogP contribution in [0, 0.1) is 16.0 Å². The van der Waals surface area contributed by atoms with Crippen LogP contribution in [0.1, 0.15) is 24.2 Å². The molecule has 0 radical (unpaired) electrons. The summed E-state index contributed by atoms with van der Waals surface area (Å²) in [4.78, 5) is 38.2. The van der Waals surface area contributed by atoms with Gasteiger partial charge in [0.25, 0.3) is 5.91 Å². The number of anilines is 1. The summed E-state index contributed by atoms with van der Waals surface area (Å²) in [6, 6.07) is 5.30. The van der Waals surface area contributed by atoms with Gasteiger partial charge in [0.15, 0.2) is 5.13 Å². The molecule has 1 aromatic carbocycles. The lowest BCUT2D eigenvalue weighted by Crippen LogP contribution is -2.38. The summed E-state index contributed by atoms with van der Waals surface area (Å²) in [7, 11) is 0. The number of hydrogen-bond acceptors (Lipinski definition) is 8. The fourth-order valence-corrected chi connectivity index (χ4v) is 2.39. The van der Waals surface area contributed by atoms with E-state index in [0.29, 0.717) is 0 Å². The van der Waals surface area contributed by atoms with Crippen molar-refractivity contribution in [2.45, 2.75) is 19.9 Å². The molecule has 1 heterocycles. The third-order valence-corrected chi connectivity index (χ3v) is 4.09. The summed E-state index contributed by atoms with van der Waals surface area (Å²) < 4.78 is 5.22. The first-order valence-corrected chi connectivity index (χ1v) is 8.09. The van der Waals surface area contributed by atoms with Gasteiger partial charge in [-0.2, -0.15) is 0 Å². The average molecular weight is 364 g/mol. The number of hydrogen-bond donors (Lipinski definition) is 2. The largest absolute Gasteiger partial charge is 0.425 e. The van der Waals surface area contributed by atoms with E-state index in [9.17, 15) is 19.7 Å². The van der Waals surface area contributed by atoms with E-state index in [-0.39, 0.29) is 27.4 Å². The van der Waals surface area contributed by atoms with Crippen molar-refractivity contribution in [2.75, 3.05) is 5.32 Å². The fourth-order valence-electron chi connectivity index (χ4n) is 1.76. The highest BCUT2D eigenvalue weighted by Crippen LogP contribution is 2.26. The number of benzene rings is 1. The van der Waals surface area contributed by atoms with Crippen LogP contribution in [0.3, 0.4) is 0 Å². The van der Waals surface area contributed by atoms with Crippen LogP contribution in [0.15, 0.2) is 30.5 Å². The normalized spacial score (nSPS) is 11.8. The number of para-hydroxylation sites is 1. The number of nitrogens with zero attached hydrogens (tertiary/aromatic N) is 2. The van der Waals surface area contributed by atoms with E-state index in [1.54, 1.807) is 26.0 Å². The van der Waals surface area contributed by atoms with Crippen LogP contribution in [-0.4, -0.2) is 27.8 Å². The van der Waals surface area contributed by atoms with Crippen LogP contribution >= 0.6 is 11.3 Å². The van der Waals surface area contributed by atoms with Crippen molar-refractivity contribution in [3.05, 3.63) is 46.1 Å². The molecule has 2 rings (SSSR count). The smallest absolute Gasteiger partial charge is 0.345 e. The Bertz CT molecular complexity index is 805. The molecule has 1 atom stereocenters. The van der Waals surface area contributed by atoms with Gasteiger partial charge in [-0.05, 0) is 29.4 Å². The average Bonchev–Trinajstić information content (AvgIpc) is 3.03. The van der Waals surface area contributed by atoms with Gasteiger partial charge in [-0.3, -0.25) is 20.2 Å². The lowest BCUT2D eigenvalue weighted by molar-refractivity contribution is -0.380. The zero-order chi connectivity index (χ0) is 18.6. The quantitative estimate of drug-likeness (QED) is 0.347. The van der Waals surface area contributed by atoms with Crippen LogP contribution in [0.5, 0.6) is 5.75 Å². The van der Waals surface area contributed by atoms with E-state index in [2.05, 4.69) is 10.3 Å². The minimum absolute atomic E-state index is 0.0483. The molecule has 0 aliphatic heterocycles. The van der Waals surface area contributed by atoms with Crippen LogP contribution in [0.25, 0.3) is 0 Å². The number of carbonyl (C=O) groups is 2. The predicted molar refractivity (Wildman–Crippen MR) is 91.6 cm³/mol. The summed E-state index contributed by atoms with van der Waals surface area (Å²) in [5, 5.41) is 13.0. The molecule has 1 amide bonds. The highest BCUT2D eigenvalue weighted by Gasteiger charge is 2.23. The van der Waals surface area contributed by atoms with Gasteiger partial charge in [-0.1, -0.05) is 26.0 Å². The maximum absolute atomic E-state index is 12.4. The second-order valence-electron chi connectivity index (χ2n) is 5.40. The van der Waals surface area contributed by atoms with Crippen LogP contribution in [0.4, 0.5) is 10.1 Å². The molecule has 0 aliphatic rings. The standard InChI is InChI=1S/C15H16N4O5S/c1-8(2)12(16)14(21)24-10-6-4-3-5-9(10)13(20)18-15-17-7-11(25-15)19(22)23/h3-8,12H,16H2,1-2H3,(H,17,18,20)/t12-/m0/s1. The molecule has 10 heteroatoms. The second kappa shape index (κ2) is 7.81. The second-order valence-corrected chi connectivity index (χ2v) is 6.41. The number of aromatic nitrogens is 1. The number of nitrogens with two attached hydrogens (primary N) is 1. The highest BCUT2D eigenvalue weighted by atomic mass is 32.1. The molecule has 0 spiro atoms. The zero-order valence-corrected chi connectivity index (χ0v) is 14.3. The number of esters is 1. The molecular formula is C15H16N4O5S. The van der Waals surface area contributed by atoms with Gasteiger partial charge in [0.1, 0.15) is 18.0 Å². The molecule has 2 aromatic rings. The lowest BCUT2D eigenvalue weighted by Gasteiger charge is -2.15. The maximum atomic E-state index is 12.4. The monoisotopic (exact) mass is 364 g/mol. The molecule has 132 valence electrons. The first-order chi connectivity index (χ1) is 11.8. The van der Waals surface area contributed by atoms with E-state index in [1.807, 2.05) is 0 Å². The molecule has 0 aliphatic carbocycles. The summed E-state index contributed by atoms with van der Waals surface area (Å²) in [5.41, 5.74) is 5.83. The van der Waals surface area contributed by atoms with E-state index in [0.717, 1.165) is 17.5 Å². The van der Waals surface area contributed by atoms with E-state index < -0.39 is 22.8 Å². The van der Waals surface area contributed by atoms with Gasteiger partial charge >= 0.3 is 11.0 Å². The maximum Gasteiger partial charge on any atom is 0.345 e. The SMILES string of the molecule is CC(C)[C@H](N)C(=O)Oc1ccccc1C(=O)Nc1ncc([N+](=O)[O-])s1. The summed E-state index contributed by atoms with van der Waals surface area (Å²) in [6.45, 7) is 3.56. The Morgan fingerprint density at radius 1 is 1.36 bits per heavy atom. The number of nitrogens with one attached hydrogen (secondary N) is 1. The summed E-state index contributed by atoms with van der Waals surface area (Å²) >= 11 is 0.723. The molecule has 0 saturated heterocycles. The Morgan fingerprint density at radius 2 is 2.04 bits per heavy atom. The van der Waals surface area contributed by atoms with Gasteiger partial charge in [0, 0.05) is 0 Å². The van der Waals surface area contributed by atoms with Crippen molar-refractivity contribution in [1.29, 1.82) is 0 Å². The van der Waals surface area contributed by atoms with Crippen molar-refractivity contribution in [2.24, 2.45) is 11.7 Å². The van der Waals surface area contributed by atoms with Crippen LogP contribution < -0.4 is 15.8 Å². The summed E-state index contributed by atoms with van der Waals surface area (Å²) in [6.07, 6.45) is 1.05. The first-order valence-electron chi connectivity index (χ1n) is 7.27. The number of thiazole rings is 1. The minimum atomic E-state index is -0.822. The Labute approximate surface area is 147 Å². The number of carbonyl (C=O) groups excluding carboxylic acids is 2. The van der Waals surface area contributed by atoms with Gasteiger partial charge in [-0.25, -0.2) is 9.78 Å². The third-order valence-electron chi connectivity index (χ3n) is 3.23. The van der Waals surface area contributed by atoms with Crippen molar-refractivity contribution in [3.8, 4) is 5.75 Å². The van der Waals surface area contributed by atoms with E-state index in [1.165, 1.54) is 12.1 Å². The van der Waals surface area contributed by atoms with Crippen molar-refractivity contribution in [3.63, 3.8) is 0 Å². The number of nitro groups is 1. The van der Waals surface area contributed by atoms with Gasteiger partial charge in [0.2, 0.25) is 0 Å². The number of ether oxygens (including phenoxy) is 1. The first kappa shape index (κ1) is 18.5. The lowest BCUT2D eigenvalue weighted by atomic mass is 10.1. The molecule has 1 aromatic heterocycles. The molecule has 0 unspecified atom stereocenters. The Morgan fingerprint density at radius 3 is 2.64 bits per heavy atom. The third kappa shape index (κ3) is 4.58. The number of amides is 1. The molecule has 0 fully saturated rings. The molecule has 3 N–H and O–H groups in total. The highest BCUT2D eigenvalue weighted by molar-refractivity contribution is 7.18. The van der Waals surface area contributed by atoms with Crippen molar-refractivity contribution in [1.82, 2.24) is 4.98 Å². The van der Waals surface area contributed by atoms with Gasteiger partial charge in [0.05, 0.1) is 10.5 Å². The Balaban J connectivity index is 2.17. The summed E-state index contributed by atoms with van der Waals surface area (Å²) in [5.74, 6) is -1.33. The Kier molecular flexibility index (Phi) is 5.78. The molecule has 25 heavy (non-hydrogen) atoms. The van der Waals surface area contributed by atoms with Crippen molar-refractivity contribution < 1.29 is 19.2 Å². The van der Waals surface area contributed by atoms with Gasteiger partial charge in [-0.15, -0.1) is 0 Å². The molecule has 0 bridgehead atoms. The molecule has 9 nitrogen and oxygen atoms in total. The topological polar surface area (TPSA) is 137 Å². The molecular weight excluding hydrogens is 348 g/mol. The molecule has 0 saturated carbocycles. The van der Waals surface area contributed by atoms with Gasteiger partial charge < -0.3 is 10.5 Å².